The van der Waals surface area contributed by atoms with E-state index in [-0.39, 0.29) is 0 Å². The van der Waals surface area contributed by atoms with Gasteiger partial charge >= 0.3 is 0 Å². The van der Waals surface area contributed by atoms with Crippen molar-refractivity contribution in [3.63, 3.8) is 0 Å². The van der Waals surface area contributed by atoms with Crippen LogP contribution in [0.15, 0.2) is 46.3 Å². The summed E-state index contributed by atoms with van der Waals surface area (Å²) in [5.41, 5.74) is 2.65. The molecule has 1 aliphatic heterocycles. The van der Waals surface area contributed by atoms with Crippen LogP contribution in [0.1, 0.15) is 27.7 Å². The highest BCUT2D eigenvalue weighted by atomic mass is 32.1. The van der Waals surface area contributed by atoms with Crippen molar-refractivity contribution >= 4 is 11.3 Å². The lowest BCUT2D eigenvalue weighted by Gasteiger charge is -2.24. The molecule has 0 atom stereocenters. The molecule has 0 aliphatic carbocycles. The first-order chi connectivity index (χ1) is 10.9. The molecule has 112 valence electrons. The van der Waals surface area contributed by atoms with Crippen LogP contribution in [0.4, 0.5) is 0 Å². The molecule has 0 radical (unpaired) electrons. The normalized spacial score (nSPS) is 14.9. The van der Waals surface area contributed by atoms with E-state index in [0.29, 0.717) is 5.89 Å². The van der Waals surface area contributed by atoms with E-state index in [9.17, 15) is 0 Å². The predicted molar refractivity (Wildman–Crippen MR) is 85.7 cm³/mol. The maximum Gasteiger partial charge on any atom is 0.240 e. The minimum Gasteiger partial charge on any atom is -0.338 e. The van der Waals surface area contributed by atoms with Gasteiger partial charge in [-0.3, -0.25) is 4.90 Å². The average Bonchev–Trinajstić information content (AvgIpc) is 3.17. The molecule has 0 saturated carbocycles. The summed E-state index contributed by atoms with van der Waals surface area (Å²) in [6.45, 7) is 2.77. The van der Waals surface area contributed by atoms with Crippen molar-refractivity contribution in [3.05, 3.63) is 69.5 Å². The molecule has 0 bridgehead atoms. The molecular formula is C17H17N3OS. The number of hydrogen-bond acceptors (Lipinski definition) is 5. The second-order valence-corrected chi connectivity index (χ2v) is 6.60. The first-order valence-corrected chi connectivity index (χ1v) is 8.38. The van der Waals surface area contributed by atoms with Gasteiger partial charge in [0.2, 0.25) is 5.89 Å². The van der Waals surface area contributed by atoms with Crippen LogP contribution in [0, 0.1) is 0 Å². The van der Waals surface area contributed by atoms with Crippen molar-refractivity contribution in [2.24, 2.45) is 0 Å². The molecule has 3 heterocycles. The number of thiophene rings is 1. The van der Waals surface area contributed by atoms with E-state index in [4.69, 9.17) is 4.52 Å². The quantitative estimate of drug-likeness (QED) is 0.741. The van der Waals surface area contributed by atoms with Crippen LogP contribution in [0.25, 0.3) is 0 Å². The van der Waals surface area contributed by atoms with Crippen molar-refractivity contribution in [2.45, 2.75) is 25.9 Å². The van der Waals surface area contributed by atoms with Gasteiger partial charge in [-0.15, -0.1) is 11.3 Å². The van der Waals surface area contributed by atoms with Gasteiger partial charge in [0, 0.05) is 24.4 Å². The zero-order valence-corrected chi connectivity index (χ0v) is 13.1. The molecule has 22 heavy (non-hydrogen) atoms. The van der Waals surface area contributed by atoms with E-state index in [1.165, 1.54) is 16.0 Å². The van der Waals surface area contributed by atoms with Gasteiger partial charge in [0.05, 0.1) is 6.54 Å². The van der Waals surface area contributed by atoms with Crippen molar-refractivity contribution in [2.75, 3.05) is 6.54 Å². The fourth-order valence-electron chi connectivity index (χ4n) is 2.84. The third-order valence-corrected chi connectivity index (χ3v) is 4.98. The fourth-order valence-corrected chi connectivity index (χ4v) is 3.73. The Morgan fingerprint density at radius 3 is 3.00 bits per heavy atom. The lowest BCUT2D eigenvalue weighted by Crippen LogP contribution is -2.29. The Morgan fingerprint density at radius 1 is 1.18 bits per heavy atom. The molecule has 0 fully saturated rings. The highest BCUT2D eigenvalue weighted by molar-refractivity contribution is 7.10. The molecule has 4 rings (SSSR count). The van der Waals surface area contributed by atoms with E-state index in [2.05, 4.69) is 38.6 Å². The molecule has 4 nitrogen and oxygen atoms in total. The van der Waals surface area contributed by atoms with Crippen LogP contribution in [0.5, 0.6) is 0 Å². The van der Waals surface area contributed by atoms with Crippen molar-refractivity contribution in [1.82, 2.24) is 15.0 Å². The number of rotatable bonds is 4. The second kappa shape index (κ2) is 6.02. The molecule has 3 aromatic rings. The van der Waals surface area contributed by atoms with Gasteiger partial charge in [-0.25, -0.2) is 0 Å². The van der Waals surface area contributed by atoms with Crippen LogP contribution < -0.4 is 0 Å². The summed E-state index contributed by atoms with van der Waals surface area (Å²) in [4.78, 5) is 8.42. The summed E-state index contributed by atoms with van der Waals surface area (Å²) in [6.07, 6.45) is 1.84. The SMILES string of the molecule is c1ccc(Cc2noc(CN3CCc4sccc4C3)n2)cc1. The standard InChI is InChI=1S/C17H17N3OS/c1-2-4-13(5-3-1)10-16-18-17(21-19-16)12-20-8-6-15-14(11-20)7-9-22-15/h1-5,7,9H,6,8,10-12H2. The van der Waals surface area contributed by atoms with Crippen LogP contribution in [0.3, 0.4) is 0 Å². The highest BCUT2D eigenvalue weighted by Gasteiger charge is 2.19. The third-order valence-electron chi connectivity index (χ3n) is 3.96. The van der Waals surface area contributed by atoms with Gasteiger partial charge in [-0.1, -0.05) is 35.5 Å². The number of aromatic nitrogens is 2. The van der Waals surface area contributed by atoms with E-state index >= 15 is 0 Å². The van der Waals surface area contributed by atoms with E-state index in [0.717, 1.165) is 38.3 Å². The second-order valence-electron chi connectivity index (χ2n) is 5.60. The average molecular weight is 311 g/mol. The summed E-state index contributed by atoms with van der Waals surface area (Å²) >= 11 is 1.86. The highest BCUT2D eigenvalue weighted by Crippen LogP contribution is 2.24. The zero-order valence-electron chi connectivity index (χ0n) is 12.2. The number of hydrogen-bond donors (Lipinski definition) is 0. The van der Waals surface area contributed by atoms with Gasteiger partial charge in [0.25, 0.3) is 0 Å². The minimum absolute atomic E-state index is 0.713. The van der Waals surface area contributed by atoms with Gasteiger partial charge in [0.15, 0.2) is 5.82 Å². The summed E-state index contributed by atoms with van der Waals surface area (Å²) in [5.74, 6) is 1.47. The molecule has 0 spiro atoms. The smallest absolute Gasteiger partial charge is 0.240 e. The van der Waals surface area contributed by atoms with Gasteiger partial charge < -0.3 is 4.52 Å². The van der Waals surface area contributed by atoms with E-state index in [1.54, 1.807) is 0 Å². The topological polar surface area (TPSA) is 42.2 Å². The maximum atomic E-state index is 5.41. The first-order valence-electron chi connectivity index (χ1n) is 7.50. The minimum atomic E-state index is 0.713. The van der Waals surface area contributed by atoms with Gasteiger partial charge in [-0.05, 0) is 29.0 Å². The molecular weight excluding hydrogens is 294 g/mol. The molecule has 1 aliphatic rings. The lowest BCUT2D eigenvalue weighted by molar-refractivity contribution is 0.212. The summed E-state index contributed by atoms with van der Waals surface area (Å²) in [7, 11) is 0. The Kier molecular flexibility index (Phi) is 3.74. The van der Waals surface area contributed by atoms with Crippen molar-refractivity contribution in [1.29, 1.82) is 0 Å². The first kappa shape index (κ1) is 13.7. The molecule has 2 aromatic heterocycles. The van der Waals surface area contributed by atoms with Crippen molar-refractivity contribution < 1.29 is 4.52 Å². The lowest BCUT2D eigenvalue weighted by atomic mass is 10.1. The molecule has 0 unspecified atom stereocenters. The zero-order chi connectivity index (χ0) is 14.8. The Hall–Kier alpha value is -1.98. The van der Waals surface area contributed by atoms with Gasteiger partial charge in [-0.2, -0.15) is 4.98 Å². The third kappa shape index (κ3) is 2.96. The Balaban J connectivity index is 1.40. The van der Waals surface area contributed by atoms with Crippen molar-refractivity contribution in [3.8, 4) is 0 Å². The fraction of sp³-hybridized carbons (Fsp3) is 0.294. The Bertz CT molecular complexity index is 750. The Morgan fingerprint density at radius 2 is 2.09 bits per heavy atom. The van der Waals surface area contributed by atoms with Crippen LogP contribution in [-0.4, -0.2) is 21.6 Å². The number of benzene rings is 1. The number of nitrogens with zero attached hydrogens (tertiary/aromatic N) is 3. The monoisotopic (exact) mass is 311 g/mol. The van der Waals surface area contributed by atoms with E-state index in [1.807, 2.05) is 29.5 Å². The molecule has 1 aromatic carbocycles. The number of fused-ring (bicyclic) bond motifs is 1. The summed E-state index contributed by atoms with van der Waals surface area (Å²) in [5, 5.41) is 6.28. The Labute approximate surface area is 133 Å². The molecule has 5 heteroatoms. The largest absolute Gasteiger partial charge is 0.338 e. The van der Waals surface area contributed by atoms with E-state index < -0.39 is 0 Å². The molecule has 0 N–H and O–H groups in total. The maximum absolute atomic E-state index is 5.41. The van der Waals surface area contributed by atoms with Crippen LogP contribution in [-0.2, 0) is 25.9 Å². The van der Waals surface area contributed by atoms with Crippen LogP contribution >= 0.6 is 11.3 Å². The summed E-state index contributed by atoms with van der Waals surface area (Å²) < 4.78 is 5.41. The predicted octanol–water partition coefficient (Wildman–Crippen LogP) is 3.28. The van der Waals surface area contributed by atoms with Gasteiger partial charge in [0.1, 0.15) is 0 Å². The summed E-state index contributed by atoms with van der Waals surface area (Å²) in [6, 6.07) is 12.5. The van der Waals surface area contributed by atoms with Crippen LogP contribution in [0.2, 0.25) is 0 Å². The molecule has 0 saturated heterocycles. The molecule has 0 amide bonds.